The van der Waals surface area contributed by atoms with Crippen molar-refractivity contribution in [1.82, 2.24) is 0 Å². The molecule has 0 aliphatic rings. The molecule has 0 saturated heterocycles. The van der Waals surface area contributed by atoms with Crippen LogP contribution in [-0.4, -0.2) is 43.7 Å². The summed E-state index contributed by atoms with van der Waals surface area (Å²) in [7, 11) is 0. The van der Waals surface area contributed by atoms with Crippen LogP contribution in [0.5, 0.6) is 0 Å². The van der Waals surface area contributed by atoms with Crippen molar-refractivity contribution in [2.45, 2.75) is 45.8 Å². The van der Waals surface area contributed by atoms with Gasteiger partial charge in [0.15, 0.2) is 0 Å². The Hall–Kier alpha value is -1.10. The average Bonchev–Trinajstić information content (AvgIpc) is 2.44. The lowest BCUT2D eigenvalue weighted by Gasteiger charge is -2.14. The summed E-state index contributed by atoms with van der Waals surface area (Å²) < 4.78 is 10.7. The monoisotopic (exact) mass is 295 g/mol. The van der Waals surface area contributed by atoms with Crippen molar-refractivity contribution in [3.63, 3.8) is 0 Å². The molecule has 2 N–H and O–H groups in total. The van der Waals surface area contributed by atoms with Gasteiger partial charge in [-0.1, -0.05) is 26.0 Å². The fraction of sp³-hybridized carbons (Fsp3) is 0.647. The van der Waals surface area contributed by atoms with E-state index in [1.807, 2.05) is 26.0 Å². The fourth-order valence-corrected chi connectivity index (χ4v) is 1.84. The van der Waals surface area contributed by atoms with Gasteiger partial charge >= 0.3 is 0 Å². The molecule has 4 heteroatoms. The number of hydrogen-bond acceptors (Lipinski definition) is 4. The number of aliphatic hydroxyl groups excluding tert-OH is 1. The van der Waals surface area contributed by atoms with Gasteiger partial charge in [-0.2, -0.15) is 0 Å². The van der Waals surface area contributed by atoms with Crippen LogP contribution in [0.15, 0.2) is 24.3 Å². The molecule has 0 heterocycles. The van der Waals surface area contributed by atoms with Gasteiger partial charge in [-0.15, -0.1) is 0 Å². The lowest BCUT2D eigenvalue weighted by molar-refractivity contribution is -0.00734. The molecular weight excluding hydrogens is 266 g/mol. The van der Waals surface area contributed by atoms with E-state index in [9.17, 15) is 5.11 Å². The summed E-state index contributed by atoms with van der Waals surface area (Å²) in [5, 5.41) is 13.0. The SMILES string of the molecule is CC(C)OCCOCC(O)CNc1ccc(C(C)C)cc1. The predicted octanol–water partition coefficient (Wildman–Crippen LogP) is 3.02. The summed E-state index contributed by atoms with van der Waals surface area (Å²) in [5.41, 5.74) is 2.33. The fourth-order valence-electron chi connectivity index (χ4n) is 1.84. The molecule has 0 fully saturated rings. The number of nitrogens with one attached hydrogen (secondary N) is 1. The van der Waals surface area contributed by atoms with E-state index in [4.69, 9.17) is 9.47 Å². The molecule has 0 bridgehead atoms. The number of rotatable bonds is 10. The Morgan fingerprint density at radius 3 is 2.29 bits per heavy atom. The van der Waals surface area contributed by atoms with E-state index >= 15 is 0 Å². The molecule has 21 heavy (non-hydrogen) atoms. The molecule has 0 amide bonds. The normalized spacial score (nSPS) is 12.9. The molecule has 0 radical (unpaired) electrons. The zero-order valence-electron chi connectivity index (χ0n) is 13.6. The van der Waals surface area contributed by atoms with Crippen LogP contribution in [-0.2, 0) is 9.47 Å². The molecule has 0 saturated carbocycles. The van der Waals surface area contributed by atoms with E-state index in [-0.39, 0.29) is 6.10 Å². The summed E-state index contributed by atoms with van der Waals surface area (Å²) in [6.07, 6.45) is -0.303. The van der Waals surface area contributed by atoms with Gasteiger partial charge in [-0.25, -0.2) is 0 Å². The van der Waals surface area contributed by atoms with E-state index in [0.29, 0.717) is 32.3 Å². The van der Waals surface area contributed by atoms with E-state index in [1.54, 1.807) is 0 Å². The Labute approximate surface area is 128 Å². The van der Waals surface area contributed by atoms with E-state index < -0.39 is 6.10 Å². The van der Waals surface area contributed by atoms with Crippen molar-refractivity contribution in [1.29, 1.82) is 0 Å². The maximum absolute atomic E-state index is 9.83. The third-order valence-electron chi connectivity index (χ3n) is 3.11. The van der Waals surface area contributed by atoms with Crippen LogP contribution < -0.4 is 5.32 Å². The van der Waals surface area contributed by atoms with Crippen molar-refractivity contribution < 1.29 is 14.6 Å². The number of hydrogen-bond donors (Lipinski definition) is 2. The molecule has 4 nitrogen and oxygen atoms in total. The average molecular weight is 295 g/mol. The zero-order chi connectivity index (χ0) is 15.7. The van der Waals surface area contributed by atoms with Gasteiger partial charge < -0.3 is 19.9 Å². The summed E-state index contributed by atoms with van der Waals surface area (Å²) >= 11 is 0. The molecule has 0 aliphatic carbocycles. The lowest BCUT2D eigenvalue weighted by atomic mass is 10.0. The molecule has 120 valence electrons. The van der Waals surface area contributed by atoms with Crippen LogP contribution in [0.4, 0.5) is 5.69 Å². The van der Waals surface area contributed by atoms with Crippen molar-refractivity contribution >= 4 is 5.69 Å². The van der Waals surface area contributed by atoms with E-state index in [0.717, 1.165) is 5.69 Å². The summed E-state index contributed by atoms with van der Waals surface area (Å²) in [6, 6.07) is 8.30. The largest absolute Gasteiger partial charge is 0.389 e. The van der Waals surface area contributed by atoms with Crippen molar-refractivity contribution in [3.8, 4) is 0 Å². The third-order valence-corrected chi connectivity index (χ3v) is 3.11. The Kier molecular flexibility index (Phi) is 8.35. The van der Waals surface area contributed by atoms with Gasteiger partial charge in [-0.3, -0.25) is 0 Å². The first-order valence-corrected chi connectivity index (χ1v) is 7.70. The van der Waals surface area contributed by atoms with Gasteiger partial charge in [0.25, 0.3) is 0 Å². The Bertz CT molecular complexity index is 376. The molecule has 1 aromatic rings. The van der Waals surface area contributed by atoms with Crippen LogP contribution in [0.25, 0.3) is 0 Å². The van der Waals surface area contributed by atoms with Gasteiger partial charge in [0, 0.05) is 12.2 Å². The second kappa shape index (κ2) is 9.77. The van der Waals surface area contributed by atoms with Crippen molar-refractivity contribution in [2.24, 2.45) is 0 Å². The van der Waals surface area contributed by atoms with Crippen LogP contribution in [0.3, 0.4) is 0 Å². The maximum Gasteiger partial charge on any atom is 0.0945 e. The standard InChI is InChI=1S/C17H29NO3/c1-13(2)15-5-7-16(8-6-15)18-11-17(19)12-20-9-10-21-14(3)4/h5-8,13-14,17-19H,9-12H2,1-4H3. The second-order valence-corrected chi connectivity index (χ2v) is 5.81. The van der Waals surface area contributed by atoms with Gasteiger partial charge in [0.05, 0.1) is 32.0 Å². The summed E-state index contributed by atoms with van der Waals surface area (Å²) in [5.74, 6) is 0.533. The first-order valence-electron chi connectivity index (χ1n) is 7.70. The Balaban J connectivity index is 2.16. The quantitative estimate of drug-likeness (QED) is 0.652. The van der Waals surface area contributed by atoms with E-state index in [1.165, 1.54) is 5.56 Å². The number of ether oxygens (including phenoxy) is 2. The third kappa shape index (κ3) is 8.05. The van der Waals surface area contributed by atoms with Gasteiger partial charge in [-0.05, 0) is 37.5 Å². The van der Waals surface area contributed by atoms with Crippen LogP contribution in [0.1, 0.15) is 39.2 Å². The lowest BCUT2D eigenvalue weighted by Crippen LogP contribution is -2.25. The van der Waals surface area contributed by atoms with Crippen LogP contribution in [0.2, 0.25) is 0 Å². The minimum atomic E-state index is -0.520. The van der Waals surface area contributed by atoms with E-state index in [2.05, 4.69) is 31.3 Å². The first kappa shape index (κ1) is 18.0. The molecule has 0 aromatic heterocycles. The predicted molar refractivity (Wildman–Crippen MR) is 86.9 cm³/mol. The molecule has 1 aromatic carbocycles. The number of aliphatic hydroxyl groups is 1. The molecule has 0 aliphatic heterocycles. The number of anilines is 1. The topological polar surface area (TPSA) is 50.7 Å². The highest BCUT2D eigenvalue weighted by molar-refractivity contribution is 5.45. The molecular formula is C17H29NO3. The second-order valence-electron chi connectivity index (χ2n) is 5.81. The molecule has 1 atom stereocenters. The highest BCUT2D eigenvalue weighted by Crippen LogP contribution is 2.16. The number of benzene rings is 1. The maximum atomic E-state index is 9.83. The summed E-state index contributed by atoms with van der Waals surface area (Å²) in [4.78, 5) is 0. The highest BCUT2D eigenvalue weighted by atomic mass is 16.5. The minimum absolute atomic E-state index is 0.217. The summed E-state index contributed by atoms with van der Waals surface area (Å²) in [6.45, 7) is 10.2. The highest BCUT2D eigenvalue weighted by Gasteiger charge is 2.05. The molecule has 1 rings (SSSR count). The zero-order valence-corrected chi connectivity index (χ0v) is 13.6. The Morgan fingerprint density at radius 1 is 1.05 bits per heavy atom. The Morgan fingerprint density at radius 2 is 1.71 bits per heavy atom. The first-order chi connectivity index (χ1) is 9.99. The van der Waals surface area contributed by atoms with Crippen LogP contribution >= 0.6 is 0 Å². The van der Waals surface area contributed by atoms with Gasteiger partial charge in [0.2, 0.25) is 0 Å². The van der Waals surface area contributed by atoms with Gasteiger partial charge in [0.1, 0.15) is 0 Å². The smallest absolute Gasteiger partial charge is 0.0945 e. The van der Waals surface area contributed by atoms with Crippen LogP contribution in [0, 0.1) is 0 Å². The van der Waals surface area contributed by atoms with Crippen molar-refractivity contribution in [3.05, 3.63) is 29.8 Å². The molecule has 0 spiro atoms. The minimum Gasteiger partial charge on any atom is -0.389 e. The van der Waals surface area contributed by atoms with Crippen molar-refractivity contribution in [2.75, 3.05) is 31.7 Å². The molecule has 1 unspecified atom stereocenters.